The second kappa shape index (κ2) is 3.12. The quantitative estimate of drug-likeness (QED) is 0.698. The third kappa shape index (κ3) is 1.65. The topological polar surface area (TPSA) is 49.8 Å². The van der Waals surface area contributed by atoms with Crippen LogP contribution in [0.3, 0.4) is 0 Å². The van der Waals surface area contributed by atoms with Crippen molar-refractivity contribution in [3.63, 3.8) is 0 Å². The monoisotopic (exact) mass is 230 g/mol. The van der Waals surface area contributed by atoms with Crippen molar-refractivity contribution in [2.24, 2.45) is 0 Å². The number of halogens is 2. The fraction of sp³-hybridized carbons (Fsp3) is 0. The molecule has 0 aromatic heterocycles. The Morgan fingerprint density at radius 2 is 2.18 bits per heavy atom. The van der Waals surface area contributed by atoms with Crippen LogP contribution >= 0.6 is 27.5 Å². The first-order valence-corrected chi connectivity index (χ1v) is 3.97. The minimum absolute atomic E-state index is 0.414. The van der Waals surface area contributed by atoms with Gasteiger partial charge in [0.25, 0.3) is 0 Å². The molecule has 0 bridgehead atoms. The van der Waals surface area contributed by atoms with E-state index in [-0.39, 0.29) is 0 Å². The predicted octanol–water partition coefficient (Wildman–Crippen LogP) is 2.56. The van der Waals surface area contributed by atoms with Crippen LogP contribution in [0.25, 0.3) is 0 Å². The first kappa shape index (κ1) is 8.38. The lowest BCUT2D eigenvalue weighted by atomic mass is 10.2. The van der Waals surface area contributed by atoms with Gasteiger partial charge in [0.2, 0.25) is 0 Å². The van der Waals surface area contributed by atoms with E-state index in [9.17, 15) is 0 Å². The van der Waals surface area contributed by atoms with Gasteiger partial charge in [-0.05, 0) is 28.1 Å². The predicted molar refractivity (Wildman–Crippen MR) is 48.3 cm³/mol. The summed E-state index contributed by atoms with van der Waals surface area (Å²) in [6.07, 6.45) is 0. The first-order chi connectivity index (χ1) is 5.15. The smallest absolute Gasteiger partial charge is 0.0992 e. The third-order valence-corrected chi connectivity index (χ3v) is 2.46. The molecule has 0 fully saturated rings. The van der Waals surface area contributed by atoms with Gasteiger partial charge in [0.15, 0.2) is 0 Å². The van der Waals surface area contributed by atoms with Gasteiger partial charge in [-0.15, -0.1) is 0 Å². The summed E-state index contributed by atoms with van der Waals surface area (Å²) in [6, 6.07) is 5.13. The van der Waals surface area contributed by atoms with Crippen LogP contribution in [0.5, 0.6) is 0 Å². The van der Waals surface area contributed by atoms with E-state index in [1.165, 1.54) is 6.07 Å². The van der Waals surface area contributed by atoms with Gasteiger partial charge in [0.1, 0.15) is 0 Å². The Hall–Kier alpha value is -0.720. The summed E-state index contributed by atoms with van der Waals surface area (Å²) in [5, 5.41) is 8.96. The van der Waals surface area contributed by atoms with Gasteiger partial charge >= 0.3 is 0 Å². The van der Waals surface area contributed by atoms with E-state index in [0.29, 0.717) is 20.7 Å². The van der Waals surface area contributed by atoms with Gasteiger partial charge in [0, 0.05) is 4.47 Å². The van der Waals surface area contributed by atoms with E-state index >= 15 is 0 Å². The van der Waals surface area contributed by atoms with Gasteiger partial charge < -0.3 is 5.73 Å². The van der Waals surface area contributed by atoms with E-state index in [1.54, 1.807) is 6.07 Å². The summed E-state index contributed by atoms with van der Waals surface area (Å²) in [7, 11) is 0. The molecule has 0 saturated heterocycles. The van der Waals surface area contributed by atoms with Gasteiger partial charge in [-0.3, -0.25) is 0 Å². The minimum Gasteiger partial charge on any atom is -0.397 e. The maximum Gasteiger partial charge on any atom is 0.0992 e. The molecule has 0 aliphatic carbocycles. The Morgan fingerprint density at radius 3 is 2.64 bits per heavy atom. The van der Waals surface area contributed by atoms with Crippen LogP contribution in [0.15, 0.2) is 16.6 Å². The lowest BCUT2D eigenvalue weighted by molar-refractivity contribution is 1.47. The van der Waals surface area contributed by atoms with Crippen molar-refractivity contribution in [2.75, 3.05) is 5.73 Å². The zero-order valence-corrected chi connectivity index (χ0v) is 7.78. The van der Waals surface area contributed by atoms with E-state index < -0.39 is 0 Å². The molecule has 0 unspecified atom stereocenters. The number of rotatable bonds is 0. The summed E-state index contributed by atoms with van der Waals surface area (Å²) in [6.45, 7) is 0. The van der Waals surface area contributed by atoms with Crippen LogP contribution in [-0.4, -0.2) is 0 Å². The molecule has 0 atom stereocenters. The Kier molecular flexibility index (Phi) is 2.38. The highest BCUT2D eigenvalue weighted by Crippen LogP contribution is 2.29. The zero-order valence-electron chi connectivity index (χ0n) is 5.44. The largest absolute Gasteiger partial charge is 0.397 e. The Labute approximate surface area is 77.7 Å². The third-order valence-electron chi connectivity index (χ3n) is 1.19. The van der Waals surface area contributed by atoms with Crippen molar-refractivity contribution >= 4 is 33.2 Å². The molecule has 2 nitrogen and oxygen atoms in total. The van der Waals surface area contributed by atoms with Crippen molar-refractivity contribution < 1.29 is 0 Å². The van der Waals surface area contributed by atoms with Crippen LogP contribution in [0.1, 0.15) is 5.56 Å². The molecule has 1 aromatic rings. The standard InChI is InChI=1S/C7H4BrClN2/c8-5-1-4(3-10)2-6(11)7(5)9/h1-2H,11H2. The van der Waals surface area contributed by atoms with E-state index in [4.69, 9.17) is 22.6 Å². The summed E-state index contributed by atoms with van der Waals surface area (Å²) in [5.74, 6) is 0. The molecule has 56 valence electrons. The van der Waals surface area contributed by atoms with Crippen LogP contribution in [-0.2, 0) is 0 Å². The van der Waals surface area contributed by atoms with Crippen LogP contribution in [0.2, 0.25) is 5.02 Å². The molecule has 0 aliphatic rings. The number of nitriles is 1. The highest BCUT2D eigenvalue weighted by atomic mass is 79.9. The van der Waals surface area contributed by atoms with E-state index in [0.717, 1.165) is 0 Å². The Balaban J connectivity index is 3.35. The fourth-order valence-corrected chi connectivity index (χ4v) is 1.26. The van der Waals surface area contributed by atoms with Crippen LogP contribution in [0.4, 0.5) is 5.69 Å². The maximum absolute atomic E-state index is 8.51. The summed E-state index contributed by atoms with van der Waals surface area (Å²) < 4.78 is 0.649. The van der Waals surface area contributed by atoms with Gasteiger partial charge in [-0.25, -0.2) is 0 Å². The number of hydrogen-bond donors (Lipinski definition) is 1. The number of nitrogens with zero attached hydrogens (tertiary/aromatic N) is 1. The molecule has 0 aliphatic heterocycles. The van der Waals surface area contributed by atoms with Gasteiger partial charge in [0.05, 0.1) is 22.3 Å². The molecule has 1 rings (SSSR count). The van der Waals surface area contributed by atoms with Gasteiger partial charge in [-0.2, -0.15) is 5.26 Å². The zero-order chi connectivity index (χ0) is 8.43. The molecular formula is C7H4BrClN2. The number of hydrogen-bond acceptors (Lipinski definition) is 2. The number of nitrogens with two attached hydrogens (primary N) is 1. The highest BCUT2D eigenvalue weighted by molar-refractivity contribution is 9.10. The molecule has 0 saturated carbocycles. The molecule has 2 N–H and O–H groups in total. The van der Waals surface area contributed by atoms with Crippen molar-refractivity contribution in [1.82, 2.24) is 0 Å². The first-order valence-electron chi connectivity index (χ1n) is 2.79. The average Bonchev–Trinajstić information content (AvgIpc) is 1.99. The second-order valence-corrected chi connectivity index (χ2v) is 3.21. The SMILES string of the molecule is N#Cc1cc(N)c(Cl)c(Br)c1. The second-order valence-electron chi connectivity index (χ2n) is 1.97. The molecule has 0 amide bonds. The molecular weight excluding hydrogens is 227 g/mol. The molecule has 0 spiro atoms. The fourth-order valence-electron chi connectivity index (χ4n) is 0.675. The maximum atomic E-state index is 8.51. The Bertz CT molecular complexity index is 307. The van der Waals surface area contributed by atoms with Crippen molar-refractivity contribution in [3.05, 3.63) is 27.2 Å². The summed E-state index contributed by atoms with van der Waals surface area (Å²) >= 11 is 8.90. The van der Waals surface area contributed by atoms with Crippen LogP contribution in [0, 0.1) is 11.3 Å². The lowest BCUT2D eigenvalue weighted by Crippen LogP contribution is -1.88. The molecule has 11 heavy (non-hydrogen) atoms. The van der Waals surface area contributed by atoms with Crippen molar-refractivity contribution in [2.45, 2.75) is 0 Å². The Morgan fingerprint density at radius 1 is 1.55 bits per heavy atom. The molecule has 4 heteroatoms. The summed E-state index contributed by atoms with van der Waals surface area (Å²) in [4.78, 5) is 0. The molecule has 0 radical (unpaired) electrons. The number of benzene rings is 1. The lowest BCUT2D eigenvalue weighted by Gasteiger charge is -1.99. The van der Waals surface area contributed by atoms with Gasteiger partial charge in [-0.1, -0.05) is 11.6 Å². The molecule has 0 heterocycles. The molecule has 1 aromatic carbocycles. The number of anilines is 1. The van der Waals surface area contributed by atoms with E-state index in [2.05, 4.69) is 15.9 Å². The minimum atomic E-state index is 0.414. The highest BCUT2D eigenvalue weighted by Gasteiger charge is 2.02. The van der Waals surface area contributed by atoms with E-state index in [1.807, 2.05) is 6.07 Å². The summed E-state index contributed by atoms with van der Waals surface area (Å²) in [5.41, 5.74) is 6.40. The number of nitrogen functional groups attached to an aromatic ring is 1. The van der Waals surface area contributed by atoms with Crippen molar-refractivity contribution in [3.8, 4) is 6.07 Å². The normalized spacial score (nSPS) is 9.18. The van der Waals surface area contributed by atoms with Crippen LogP contribution < -0.4 is 5.73 Å². The van der Waals surface area contributed by atoms with Crippen molar-refractivity contribution in [1.29, 1.82) is 5.26 Å². The average molecular weight is 231 g/mol.